The Labute approximate surface area is 122 Å². The second-order valence-electron chi connectivity index (χ2n) is 6.08. The summed E-state index contributed by atoms with van der Waals surface area (Å²) in [6.45, 7) is 6.75. The van der Waals surface area contributed by atoms with Gasteiger partial charge >= 0.3 is 0 Å². The quantitative estimate of drug-likeness (QED) is 0.674. The van der Waals surface area contributed by atoms with Crippen LogP contribution in [0.4, 0.5) is 0 Å². The zero-order valence-electron chi connectivity index (χ0n) is 12.6. The standard InChI is InChI=1S/C20H22/c1-14-11-18-9-10-19(20(18)13-15(14)2)12-16(3)17-7-5-4-6-8-17/h4-11,13,16,19H,12H2,1-3H3. The molecule has 0 heteroatoms. The van der Waals surface area contributed by atoms with E-state index in [0.29, 0.717) is 11.8 Å². The van der Waals surface area contributed by atoms with E-state index in [4.69, 9.17) is 0 Å². The fraction of sp³-hybridized carbons (Fsp3) is 0.300. The van der Waals surface area contributed by atoms with Crippen molar-refractivity contribution in [2.75, 3.05) is 0 Å². The lowest BCUT2D eigenvalue weighted by Crippen LogP contribution is -2.02. The van der Waals surface area contributed by atoms with Gasteiger partial charge in [0.2, 0.25) is 0 Å². The lowest BCUT2D eigenvalue weighted by molar-refractivity contribution is 0.634. The van der Waals surface area contributed by atoms with E-state index < -0.39 is 0 Å². The van der Waals surface area contributed by atoms with Crippen LogP contribution in [0.3, 0.4) is 0 Å². The Hall–Kier alpha value is -1.82. The summed E-state index contributed by atoms with van der Waals surface area (Å²) in [6.07, 6.45) is 5.86. The molecule has 20 heavy (non-hydrogen) atoms. The highest BCUT2D eigenvalue weighted by Crippen LogP contribution is 2.38. The van der Waals surface area contributed by atoms with Crippen molar-refractivity contribution in [2.45, 2.75) is 39.0 Å². The topological polar surface area (TPSA) is 0 Å². The molecule has 1 aliphatic rings. The Kier molecular flexibility index (Phi) is 3.48. The van der Waals surface area contributed by atoms with E-state index in [1.54, 1.807) is 0 Å². The highest BCUT2D eigenvalue weighted by atomic mass is 14.2. The molecule has 0 N–H and O–H groups in total. The molecule has 0 aliphatic heterocycles. The molecule has 0 aromatic heterocycles. The zero-order chi connectivity index (χ0) is 14.1. The van der Waals surface area contributed by atoms with E-state index in [0.717, 1.165) is 0 Å². The van der Waals surface area contributed by atoms with Crippen LogP contribution in [-0.4, -0.2) is 0 Å². The highest BCUT2D eigenvalue weighted by molar-refractivity contribution is 5.64. The highest BCUT2D eigenvalue weighted by Gasteiger charge is 2.20. The molecule has 0 amide bonds. The number of allylic oxidation sites excluding steroid dienone is 1. The van der Waals surface area contributed by atoms with Crippen LogP contribution >= 0.6 is 0 Å². The molecule has 0 heterocycles. The van der Waals surface area contributed by atoms with Crippen molar-refractivity contribution >= 4 is 6.08 Å². The third-order valence-electron chi connectivity index (χ3n) is 4.58. The van der Waals surface area contributed by atoms with Gasteiger partial charge in [-0.1, -0.05) is 61.5 Å². The summed E-state index contributed by atoms with van der Waals surface area (Å²) >= 11 is 0. The maximum Gasteiger partial charge on any atom is 0.00330 e. The lowest BCUT2D eigenvalue weighted by atomic mass is 9.86. The zero-order valence-corrected chi connectivity index (χ0v) is 12.6. The molecule has 3 rings (SSSR count). The molecular formula is C20H22. The summed E-state index contributed by atoms with van der Waals surface area (Å²) in [4.78, 5) is 0. The number of hydrogen-bond donors (Lipinski definition) is 0. The SMILES string of the molecule is Cc1cc2c(cc1C)C(CC(C)c1ccccc1)C=C2. The summed E-state index contributed by atoms with van der Waals surface area (Å²) < 4.78 is 0. The van der Waals surface area contributed by atoms with Gasteiger partial charge in [-0.3, -0.25) is 0 Å². The first kappa shape index (κ1) is 13.2. The van der Waals surface area contributed by atoms with E-state index in [1.807, 2.05) is 0 Å². The molecule has 0 fully saturated rings. The van der Waals surface area contributed by atoms with Crippen molar-refractivity contribution in [3.05, 3.63) is 76.4 Å². The molecule has 2 atom stereocenters. The van der Waals surface area contributed by atoms with Crippen LogP contribution in [-0.2, 0) is 0 Å². The molecule has 2 aromatic rings. The van der Waals surface area contributed by atoms with Crippen LogP contribution in [0.15, 0.2) is 48.5 Å². The average Bonchev–Trinajstić information content (AvgIpc) is 2.83. The fourth-order valence-electron chi connectivity index (χ4n) is 3.15. The monoisotopic (exact) mass is 262 g/mol. The van der Waals surface area contributed by atoms with Crippen molar-refractivity contribution in [2.24, 2.45) is 0 Å². The Balaban J connectivity index is 1.82. The van der Waals surface area contributed by atoms with Crippen LogP contribution in [0.2, 0.25) is 0 Å². The summed E-state index contributed by atoms with van der Waals surface area (Å²) in [7, 11) is 0. The number of benzene rings is 2. The molecule has 2 unspecified atom stereocenters. The minimum atomic E-state index is 0.569. The fourth-order valence-corrected chi connectivity index (χ4v) is 3.15. The first-order valence-corrected chi connectivity index (χ1v) is 7.49. The molecule has 0 radical (unpaired) electrons. The van der Waals surface area contributed by atoms with E-state index in [2.05, 4.69) is 75.4 Å². The van der Waals surface area contributed by atoms with Crippen LogP contribution in [0.5, 0.6) is 0 Å². The number of fused-ring (bicyclic) bond motifs is 1. The average molecular weight is 262 g/mol. The molecule has 1 aliphatic carbocycles. The molecule has 0 spiro atoms. The molecule has 2 aromatic carbocycles. The van der Waals surface area contributed by atoms with Gasteiger partial charge in [0.05, 0.1) is 0 Å². The van der Waals surface area contributed by atoms with Gasteiger partial charge in [-0.25, -0.2) is 0 Å². The van der Waals surface area contributed by atoms with Gasteiger partial charge in [0.25, 0.3) is 0 Å². The molecule has 0 saturated heterocycles. The number of aryl methyl sites for hydroxylation is 2. The van der Waals surface area contributed by atoms with Crippen LogP contribution < -0.4 is 0 Å². The van der Waals surface area contributed by atoms with E-state index in [9.17, 15) is 0 Å². The first-order valence-electron chi connectivity index (χ1n) is 7.49. The van der Waals surface area contributed by atoms with Crippen molar-refractivity contribution < 1.29 is 0 Å². The van der Waals surface area contributed by atoms with Crippen molar-refractivity contribution in [1.29, 1.82) is 0 Å². The maximum atomic E-state index is 2.38. The first-order chi connectivity index (χ1) is 9.65. The van der Waals surface area contributed by atoms with E-state index >= 15 is 0 Å². The summed E-state index contributed by atoms with van der Waals surface area (Å²) in [6, 6.07) is 15.6. The van der Waals surface area contributed by atoms with Crippen LogP contribution in [0, 0.1) is 13.8 Å². The lowest BCUT2D eigenvalue weighted by Gasteiger charge is -2.18. The van der Waals surface area contributed by atoms with Gasteiger partial charge in [0.15, 0.2) is 0 Å². The molecular weight excluding hydrogens is 240 g/mol. The normalized spacial score (nSPS) is 18.1. The predicted molar refractivity (Wildman–Crippen MR) is 87.2 cm³/mol. The van der Waals surface area contributed by atoms with E-state index in [-0.39, 0.29) is 0 Å². The second kappa shape index (κ2) is 5.28. The third kappa shape index (κ3) is 2.43. The van der Waals surface area contributed by atoms with Crippen LogP contribution in [0.1, 0.15) is 53.0 Å². The third-order valence-corrected chi connectivity index (χ3v) is 4.58. The second-order valence-corrected chi connectivity index (χ2v) is 6.08. The van der Waals surface area contributed by atoms with Crippen molar-refractivity contribution in [3.8, 4) is 0 Å². The van der Waals surface area contributed by atoms with Crippen molar-refractivity contribution in [1.82, 2.24) is 0 Å². The minimum absolute atomic E-state index is 0.569. The van der Waals surface area contributed by atoms with Gasteiger partial charge in [0, 0.05) is 5.92 Å². The van der Waals surface area contributed by atoms with Gasteiger partial charge in [-0.05, 0) is 54.0 Å². The maximum absolute atomic E-state index is 2.38. The predicted octanol–water partition coefficient (Wildman–Crippen LogP) is 5.61. The van der Waals surface area contributed by atoms with E-state index in [1.165, 1.54) is 34.2 Å². The number of rotatable bonds is 3. The largest absolute Gasteiger partial charge is 0.0764 e. The summed E-state index contributed by atoms with van der Waals surface area (Å²) in [5, 5.41) is 0. The van der Waals surface area contributed by atoms with Crippen molar-refractivity contribution in [3.63, 3.8) is 0 Å². The Bertz CT molecular complexity index is 635. The Morgan fingerprint density at radius 2 is 1.70 bits per heavy atom. The van der Waals surface area contributed by atoms with Gasteiger partial charge < -0.3 is 0 Å². The minimum Gasteiger partial charge on any atom is -0.0764 e. The molecule has 0 nitrogen and oxygen atoms in total. The van der Waals surface area contributed by atoms with Gasteiger partial charge in [0.1, 0.15) is 0 Å². The Morgan fingerprint density at radius 3 is 2.45 bits per heavy atom. The molecule has 102 valence electrons. The smallest absolute Gasteiger partial charge is 0.00330 e. The Morgan fingerprint density at radius 1 is 1.00 bits per heavy atom. The molecule has 0 bridgehead atoms. The van der Waals surface area contributed by atoms with Crippen LogP contribution in [0.25, 0.3) is 6.08 Å². The summed E-state index contributed by atoms with van der Waals surface area (Å²) in [5.41, 5.74) is 7.17. The summed E-state index contributed by atoms with van der Waals surface area (Å²) in [5.74, 6) is 1.16. The number of hydrogen-bond acceptors (Lipinski definition) is 0. The van der Waals surface area contributed by atoms with Gasteiger partial charge in [-0.2, -0.15) is 0 Å². The van der Waals surface area contributed by atoms with Gasteiger partial charge in [-0.15, -0.1) is 0 Å². The molecule has 0 saturated carbocycles.